The Morgan fingerprint density at radius 3 is 2.73 bits per heavy atom. The van der Waals surface area contributed by atoms with Gasteiger partial charge in [0.2, 0.25) is 5.91 Å². The van der Waals surface area contributed by atoms with Gasteiger partial charge >= 0.3 is 0 Å². The lowest BCUT2D eigenvalue weighted by Gasteiger charge is -2.15. The zero-order chi connectivity index (χ0) is 17.6. The number of anilines is 1. The lowest BCUT2D eigenvalue weighted by Crippen LogP contribution is -2.31. The van der Waals surface area contributed by atoms with Gasteiger partial charge < -0.3 is 21.1 Å². The Labute approximate surface area is 160 Å². The van der Waals surface area contributed by atoms with Gasteiger partial charge in [-0.05, 0) is 49.3 Å². The number of amides is 2. The second-order valence-corrected chi connectivity index (χ2v) is 7.03. The van der Waals surface area contributed by atoms with Gasteiger partial charge in [-0.1, -0.05) is 18.6 Å². The molecule has 1 aliphatic heterocycles. The molecule has 1 aromatic carbocycles. The molecule has 1 aliphatic carbocycles. The first-order valence-electron chi connectivity index (χ1n) is 9.15. The normalized spacial score (nSPS) is 24.7. The number of carbonyl (C=O) groups is 2. The standard InChI is InChI=1S/C19H27N3O3.ClH/c20-16-7-2-5-14(16)11-18(23)21-12-13-4-1-6-15(10-13)22-19(24)17-8-3-9-25-17;/h1,4,6,10,14,16-17H,2-3,5,7-9,11-12,20H2,(H,21,23)(H,22,24);1H/t14-,16+,17?;/m0./s1. The summed E-state index contributed by atoms with van der Waals surface area (Å²) >= 11 is 0. The van der Waals surface area contributed by atoms with Crippen LogP contribution in [0.25, 0.3) is 0 Å². The van der Waals surface area contributed by atoms with E-state index < -0.39 is 0 Å². The molecule has 2 fully saturated rings. The SMILES string of the molecule is Cl.N[C@@H]1CCC[C@H]1CC(=O)NCc1cccc(NC(=O)C2CCCO2)c1. The molecule has 0 radical (unpaired) electrons. The van der Waals surface area contributed by atoms with Crippen molar-refractivity contribution in [1.29, 1.82) is 0 Å². The van der Waals surface area contributed by atoms with Gasteiger partial charge in [0.1, 0.15) is 6.10 Å². The largest absolute Gasteiger partial charge is 0.368 e. The van der Waals surface area contributed by atoms with Crippen molar-refractivity contribution < 1.29 is 14.3 Å². The zero-order valence-electron chi connectivity index (χ0n) is 14.9. The highest BCUT2D eigenvalue weighted by molar-refractivity contribution is 5.94. The van der Waals surface area contributed by atoms with E-state index in [1.54, 1.807) is 0 Å². The van der Waals surface area contributed by atoms with E-state index in [0.29, 0.717) is 25.5 Å². The van der Waals surface area contributed by atoms with Crippen LogP contribution < -0.4 is 16.4 Å². The molecule has 1 unspecified atom stereocenters. The molecule has 0 aromatic heterocycles. The number of rotatable bonds is 6. The molecule has 1 aromatic rings. The summed E-state index contributed by atoms with van der Waals surface area (Å²) in [5.74, 6) is 0.238. The fraction of sp³-hybridized carbons (Fsp3) is 0.579. The summed E-state index contributed by atoms with van der Waals surface area (Å²) < 4.78 is 5.39. The number of benzene rings is 1. The number of carbonyl (C=O) groups excluding carboxylic acids is 2. The zero-order valence-corrected chi connectivity index (χ0v) is 15.7. The summed E-state index contributed by atoms with van der Waals surface area (Å²) in [7, 11) is 0. The van der Waals surface area contributed by atoms with Gasteiger partial charge in [-0.15, -0.1) is 12.4 Å². The van der Waals surface area contributed by atoms with E-state index in [2.05, 4.69) is 10.6 Å². The van der Waals surface area contributed by atoms with Crippen molar-refractivity contribution in [3.8, 4) is 0 Å². The van der Waals surface area contributed by atoms with Gasteiger partial charge in [0.15, 0.2) is 0 Å². The summed E-state index contributed by atoms with van der Waals surface area (Å²) in [4.78, 5) is 24.2. The number of hydrogen-bond acceptors (Lipinski definition) is 4. The number of ether oxygens (including phenoxy) is 1. The predicted octanol–water partition coefficient (Wildman–Crippen LogP) is 2.36. The van der Waals surface area contributed by atoms with Gasteiger partial charge in [0, 0.05) is 31.3 Å². The van der Waals surface area contributed by atoms with Crippen molar-refractivity contribution in [2.24, 2.45) is 11.7 Å². The summed E-state index contributed by atoms with van der Waals surface area (Å²) in [6, 6.07) is 7.69. The molecule has 3 rings (SSSR count). The Kier molecular flexibility index (Phi) is 7.87. The molecular formula is C19H28ClN3O3. The lowest BCUT2D eigenvalue weighted by atomic mass is 10.00. The first-order chi connectivity index (χ1) is 12.1. The van der Waals surface area contributed by atoms with Crippen LogP contribution in [-0.2, 0) is 20.9 Å². The van der Waals surface area contributed by atoms with E-state index in [0.717, 1.165) is 43.4 Å². The summed E-state index contributed by atoms with van der Waals surface area (Å²) in [5.41, 5.74) is 7.70. The van der Waals surface area contributed by atoms with Crippen LogP contribution in [0.4, 0.5) is 5.69 Å². The molecule has 3 atom stereocenters. The molecule has 7 heteroatoms. The van der Waals surface area contributed by atoms with Crippen LogP contribution in [0.2, 0.25) is 0 Å². The number of hydrogen-bond donors (Lipinski definition) is 3. The quantitative estimate of drug-likeness (QED) is 0.705. The molecule has 1 heterocycles. The van der Waals surface area contributed by atoms with Crippen LogP contribution in [0, 0.1) is 5.92 Å². The molecule has 2 aliphatic rings. The van der Waals surface area contributed by atoms with Crippen molar-refractivity contribution >= 4 is 29.9 Å². The second-order valence-electron chi connectivity index (χ2n) is 7.03. The summed E-state index contributed by atoms with van der Waals surface area (Å²) in [6.07, 6.45) is 5.02. The van der Waals surface area contributed by atoms with E-state index in [9.17, 15) is 9.59 Å². The lowest BCUT2D eigenvalue weighted by molar-refractivity contribution is -0.124. The van der Waals surface area contributed by atoms with Crippen molar-refractivity contribution in [2.45, 2.75) is 57.2 Å². The van der Waals surface area contributed by atoms with Crippen molar-refractivity contribution in [1.82, 2.24) is 5.32 Å². The minimum atomic E-state index is -0.348. The van der Waals surface area contributed by atoms with Gasteiger partial charge in [-0.2, -0.15) is 0 Å². The molecule has 1 saturated heterocycles. The Morgan fingerprint density at radius 2 is 2.04 bits per heavy atom. The Hall–Kier alpha value is -1.63. The number of nitrogens with two attached hydrogens (primary N) is 1. The van der Waals surface area contributed by atoms with E-state index in [1.165, 1.54) is 0 Å². The molecule has 0 bridgehead atoms. The molecule has 4 N–H and O–H groups in total. The van der Waals surface area contributed by atoms with Crippen molar-refractivity contribution in [3.63, 3.8) is 0 Å². The van der Waals surface area contributed by atoms with Crippen molar-refractivity contribution in [3.05, 3.63) is 29.8 Å². The number of halogens is 1. The van der Waals surface area contributed by atoms with Gasteiger partial charge in [-0.3, -0.25) is 9.59 Å². The third-order valence-corrected chi connectivity index (χ3v) is 5.07. The third kappa shape index (κ3) is 5.69. The third-order valence-electron chi connectivity index (χ3n) is 5.07. The van der Waals surface area contributed by atoms with Gasteiger partial charge in [-0.25, -0.2) is 0 Å². The fourth-order valence-electron chi connectivity index (χ4n) is 3.60. The Balaban J connectivity index is 0.00000243. The highest BCUT2D eigenvalue weighted by Gasteiger charge is 2.26. The minimum absolute atomic E-state index is 0. The number of nitrogens with one attached hydrogen (secondary N) is 2. The molecule has 2 amide bonds. The van der Waals surface area contributed by atoms with Crippen LogP contribution >= 0.6 is 12.4 Å². The van der Waals surface area contributed by atoms with Crippen LogP contribution in [-0.4, -0.2) is 30.6 Å². The van der Waals surface area contributed by atoms with Crippen LogP contribution in [0.1, 0.15) is 44.1 Å². The highest BCUT2D eigenvalue weighted by Crippen LogP contribution is 2.26. The average Bonchev–Trinajstić information content (AvgIpc) is 3.26. The first-order valence-corrected chi connectivity index (χ1v) is 9.15. The maximum absolute atomic E-state index is 12.1. The average molecular weight is 382 g/mol. The van der Waals surface area contributed by atoms with Gasteiger partial charge in [0.25, 0.3) is 5.91 Å². The fourth-order valence-corrected chi connectivity index (χ4v) is 3.60. The van der Waals surface area contributed by atoms with Gasteiger partial charge in [0.05, 0.1) is 0 Å². The summed E-state index contributed by atoms with van der Waals surface area (Å²) in [6.45, 7) is 1.10. The summed E-state index contributed by atoms with van der Waals surface area (Å²) in [5, 5.41) is 5.83. The maximum atomic E-state index is 12.1. The second kappa shape index (κ2) is 9.90. The van der Waals surface area contributed by atoms with E-state index >= 15 is 0 Å². The van der Waals surface area contributed by atoms with E-state index in [4.69, 9.17) is 10.5 Å². The monoisotopic (exact) mass is 381 g/mol. The molecule has 0 spiro atoms. The minimum Gasteiger partial charge on any atom is -0.368 e. The van der Waals surface area contributed by atoms with Crippen LogP contribution in [0.5, 0.6) is 0 Å². The van der Waals surface area contributed by atoms with E-state index in [1.807, 2.05) is 24.3 Å². The molecular weight excluding hydrogens is 354 g/mol. The maximum Gasteiger partial charge on any atom is 0.253 e. The Bertz CT molecular complexity index is 620. The molecule has 1 saturated carbocycles. The first kappa shape index (κ1) is 20.7. The molecule has 144 valence electrons. The molecule has 6 nitrogen and oxygen atoms in total. The topological polar surface area (TPSA) is 93.5 Å². The smallest absolute Gasteiger partial charge is 0.253 e. The van der Waals surface area contributed by atoms with Crippen LogP contribution in [0.3, 0.4) is 0 Å². The van der Waals surface area contributed by atoms with Crippen LogP contribution in [0.15, 0.2) is 24.3 Å². The van der Waals surface area contributed by atoms with E-state index in [-0.39, 0.29) is 36.4 Å². The van der Waals surface area contributed by atoms with Crippen molar-refractivity contribution in [2.75, 3.05) is 11.9 Å². The predicted molar refractivity (Wildman–Crippen MR) is 103 cm³/mol. The highest BCUT2D eigenvalue weighted by atomic mass is 35.5. The molecule has 26 heavy (non-hydrogen) atoms. The Morgan fingerprint density at radius 1 is 1.19 bits per heavy atom.